The third-order valence-corrected chi connectivity index (χ3v) is 2.95. The first-order valence-electron chi connectivity index (χ1n) is 5.73. The molecule has 0 bridgehead atoms. The van der Waals surface area contributed by atoms with Gasteiger partial charge in [0.25, 0.3) is 0 Å². The van der Waals surface area contributed by atoms with Crippen LogP contribution in [0.3, 0.4) is 0 Å². The molecule has 2 aromatic rings. The van der Waals surface area contributed by atoms with Gasteiger partial charge in [0.1, 0.15) is 10.8 Å². The lowest BCUT2D eigenvalue weighted by molar-refractivity contribution is 0.377. The van der Waals surface area contributed by atoms with Crippen molar-refractivity contribution in [3.05, 3.63) is 22.4 Å². The lowest BCUT2D eigenvalue weighted by Crippen LogP contribution is -2.09. The van der Waals surface area contributed by atoms with Gasteiger partial charge in [-0.3, -0.25) is 0 Å². The standard InChI is InChI=1S/C11H15N5OS/c1-3-4-13-10-14-8(15-11(16-10)17-2)7-9-12-5-6-18-9/h5-6H,3-4,7H2,1-2H3,(H,13,14,15,16). The lowest BCUT2D eigenvalue weighted by atomic mass is 10.4. The third kappa shape index (κ3) is 3.36. The topological polar surface area (TPSA) is 72.8 Å². The number of aromatic nitrogens is 4. The van der Waals surface area contributed by atoms with Gasteiger partial charge in [0.15, 0.2) is 0 Å². The molecular weight excluding hydrogens is 250 g/mol. The van der Waals surface area contributed by atoms with E-state index in [0.29, 0.717) is 24.2 Å². The average Bonchev–Trinajstić information content (AvgIpc) is 2.89. The Balaban J connectivity index is 2.17. The van der Waals surface area contributed by atoms with E-state index in [9.17, 15) is 0 Å². The summed E-state index contributed by atoms with van der Waals surface area (Å²) >= 11 is 1.58. The zero-order valence-electron chi connectivity index (χ0n) is 10.4. The summed E-state index contributed by atoms with van der Waals surface area (Å²) in [5.41, 5.74) is 0. The van der Waals surface area contributed by atoms with E-state index < -0.39 is 0 Å². The zero-order valence-corrected chi connectivity index (χ0v) is 11.2. The molecule has 0 aliphatic heterocycles. The predicted octanol–water partition coefficient (Wildman–Crippen LogP) is 1.75. The van der Waals surface area contributed by atoms with E-state index >= 15 is 0 Å². The Labute approximate surface area is 109 Å². The number of anilines is 1. The molecule has 0 fully saturated rings. The fourth-order valence-corrected chi connectivity index (χ4v) is 1.97. The van der Waals surface area contributed by atoms with Crippen molar-refractivity contribution in [1.82, 2.24) is 19.9 Å². The molecule has 2 rings (SSSR count). The average molecular weight is 265 g/mol. The molecule has 18 heavy (non-hydrogen) atoms. The molecule has 0 aliphatic carbocycles. The normalized spacial score (nSPS) is 10.3. The monoisotopic (exact) mass is 265 g/mol. The van der Waals surface area contributed by atoms with Gasteiger partial charge in [0, 0.05) is 18.1 Å². The molecule has 0 atom stereocenters. The largest absolute Gasteiger partial charge is 0.467 e. The quantitative estimate of drug-likeness (QED) is 0.857. The number of ether oxygens (including phenoxy) is 1. The van der Waals surface area contributed by atoms with Crippen LogP contribution in [-0.4, -0.2) is 33.6 Å². The molecule has 96 valence electrons. The minimum atomic E-state index is 0.329. The van der Waals surface area contributed by atoms with Crippen LogP contribution >= 0.6 is 11.3 Å². The maximum absolute atomic E-state index is 5.08. The van der Waals surface area contributed by atoms with E-state index in [0.717, 1.165) is 18.0 Å². The minimum absolute atomic E-state index is 0.329. The molecule has 0 spiro atoms. The van der Waals surface area contributed by atoms with Crippen LogP contribution in [-0.2, 0) is 6.42 Å². The highest BCUT2D eigenvalue weighted by molar-refractivity contribution is 7.09. The van der Waals surface area contributed by atoms with Crippen LogP contribution in [0.15, 0.2) is 11.6 Å². The SMILES string of the molecule is CCCNc1nc(Cc2nccs2)nc(OC)n1. The summed E-state index contributed by atoms with van der Waals surface area (Å²) in [6.07, 6.45) is 3.38. The van der Waals surface area contributed by atoms with Crippen LogP contribution in [0.5, 0.6) is 6.01 Å². The number of hydrogen-bond acceptors (Lipinski definition) is 7. The van der Waals surface area contributed by atoms with Gasteiger partial charge in [0.2, 0.25) is 5.95 Å². The third-order valence-electron chi connectivity index (χ3n) is 2.17. The van der Waals surface area contributed by atoms with Crippen LogP contribution < -0.4 is 10.1 Å². The van der Waals surface area contributed by atoms with Crippen molar-refractivity contribution < 1.29 is 4.74 Å². The summed E-state index contributed by atoms with van der Waals surface area (Å²) in [6.45, 7) is 2.91. The summed E-state index contributed by atoms with van der Waals surface area (Å²) < 4.78 is 5.08. The van der Waals surface area contributed by atoms with Gasteiger partial charge in [-0.15, -0.1) is 11.3 Å². The number of methoxy groups -OCH3 is 1. The number of nitrogens with zero attached hydrogens (tertiary/aromatic N) is 4. The van der Waals surface area contributed by atoms with Crippen molar-refractivity contribution in [3.63, 3.8) is 0 Å². The molecule has 0 saturated heterocycles. The van der Waals surface area contributed by atoms with Gasteiger partial charge < -0.3 is 10.1 Å². The fraction of sp³-hybridized carbons (Fsp3) is 0.455. The Kier molecular flexibility index (Phi) is 4.40. The van der Waals surface area contributed by atoms with Crippen molar-refractivity contribution in [2.24, 2.45) is 0 Å². The van der Waals surface area contributed by atoms with E-state index in [1.165, 1.54) is 0 Å². The summed E-state index contributed by atoms with van der Waals surface area (Å²) in [4.78, 5) is 16.9. The van der Waals surface area contributed by atoms with Crippen molar-refractivity contribution >= 4 is 17.3 Å². The molecule has 2 heterocycles. The molecule has 2 aromatic heterocycles. The van der Waals surface area contributed by atoms with Gasteiger partial charge in [-0.1, -0.05) is 6.92 Å². The Morgan fingerprint density at radius 2 is 2.22 bits per heavy atom. The van der Waals surface area contributed by atoms with E-state index in [1.807, 2.05) is 5.38 Å². The predicted molar refractivity (Wildman–Crippen MR) is 70.1 cm³/mol. The fourth-order valence-electron chi connectivity index (χ4n) is 1.36. The second kappa shape index (κ2) is 6.25. The first-order valence-corrected chi connectivity index (χ1v) is 6.61. The van der Waals surface area contributed by atoms with Crippen molar-refractivity contribution in [1.29, 1.82) is 0 Å². The Hall–Kier alpha value is -1.76. The molecule has 0 radical (unpaired) electrons. The first kappa shape index (κ1) is 12.7. The molecule has 7 heteroatoms. The van der Waals surface area contributed by atoms with E-state index in [1.54, 1.807) is 24.6 Å². The number of hydrogen-bond donors (Lipinski definition) is 1. The molecule has 0 aromatic carbocycles. The lowest BCUT2D eigenvalue weighted by Gasteiger charge is -2.06. The number of nitrogens with one attached hydrogen (secondary N) is 1. The Morgan fingerprint density at radius 3 is 2.89 bits per heavy atom. The second-order valence-electron chi connectivity index (χ2n) is 3.59. The molecule has 6 nitrogen and oxygen atoms in total. The van der Waals surface area contributed by atoms with Gasteiger partial charge in [-0.25, -0.2) is 4.98 Å². The van der Waals surface area contributed by atoms with E-state index in [2.05, 4.69) is 32.2 Å². The highest BCUT2D eigenvalue weighted by Gasteiger charge is 2.08. The van der Waals surface area contributed by atoms with Crippen molar-refractivity contribution in [2.75, 3.05) is 19.0 Å². The Morgan fingerprint density at radius 1 is 1.33 bits per heavy atom. The minimum Gasteiger partial charge on any atom is -0.467 e. The maximum atomic E-state index is 5.08. The molecule has 0 unspecified atom stereocenters. The summed E-state index contributed by atoms with van der Waals surface area (Å²) in [5, 5.41) is 6.04. The van der Waals surface area contributed by atoms with E-state index in [-0.39, 0.29) is 0 Å². The highest BCUT2D eigenvalue weighted by Crippen LogP contribution is 2.12. The van der Waals surface area contributed by atoms with Crippen molar-refractivity contribution in [3.8, 4) is 6.01 Å². The smallest absolute Gasteiger partial charge is 0.321 e. The molecule has 0 amide bonds. The van der Waals surface area contributed by atoms with Crippen LogP contribution in [0.2, 0.25) is 0 Å². The second-order valence-corrected chi connectivity index (χ2v) is 4.57. The van der Waals surface area contributed by atoms with Crippen molar-refractivity contribution in [2.45, 2.75) is 19.8 Å². The molecule has 1 N–H and O–H groups in total. The Bertz CT molecular complexity index is 488. The zero-order chi connectivity index (χ0) is 12.8. The summed E-state index contributed by atoms with van der Waals surface area (Å²) in [6, 6.07) is 0.329. The number of rotatable bonds is 6. The van der Waals surface area contributed by atoms with Gasteiger partial charge in [0.05, 0.1) is 13.5 Å². The number of thiazole rings is 1. The van der Waals surface area contributed by atoms with Crippen LogP contribution in [0.1, 0.15) is 24.2 Å². The molecule has 0 saturated carbocycles. The van der Waals surface area contributed by atoms with Crippen LogP contribution in [0, 0.1) is 0 Å². The first-order chi connectivity index (χ1) is 8.81. The molecular formula is C11H15N5OS. The van der Waals surface area contributed by atoms with Gasteiger partial charge in [-0.05, 0) is 6.42 Å². The highest BCUT2D eigenvalue weighted by atomic mass is 32.1. The summed E-state index contributed by atoms with van der Waals surface area (Å²) in [5.74, 6) is 1.21. The molecule has 0 aliphatic rings. The van der Waals surface area contributed by atoms with Gasteiger partial charge >= 0.3 is 6.01 Å². The van der Waals surface area contributed by atoms with Gasteiger partial charge in [-0.2, -0.15) is 15.0 Å². The van der Waals surface area contributed by atoms with Crippen LogP contribution in [0.4, 0.5) is 5.95 Å². The summed E-state index contributed by atoms with van der Waals surface area (Å²) in [7, 11) is 1.55. The van der Waals surface area contributed by atoms with Crippen LogP contribution in [0.25, 0.3) is 0 Å². The maximum Gasteiger partial charge on any atom is 0.321 e. The van der Waals surface area contributed by atoms with E-state index in [4.69, 9.17) is 4.74 Å².